The van der Waals surface area contributed by atoms with Crippen LogP contribution in [0.1, 0.15) is 13.3 Å². The number of carbonyl (C=O) groups is 1. The lowest BCUT2D eigenvalue weighted by Gasteiger charge is -2.10. The van der Waals surface area contributed by atoms with Gasteiger partial charge in [0.05, 0.1) is 0 Å². The lowest BCUT2D eigenvalue weighted by Crippen LogP contribution is -2.18. The molecule has 0 rings (SSSR count). The molecule has 0 aromatic carbocycles. The lowest BCUT2D eigenvalue weighted by atomic mass is 10.0. The van der Waals surface area contributed by atoms with E-state index in [1.54, 1.807) is 6.92 Å². The highest BCUT2D eigenvalue weighted by Crippen LogP contribution is 2.15. The molecule has 0 fully saturated rings. The van der Waals surface area contributed by atoms with Crippen LogP contribution in [-0.4, -0.2) is 16.2 Å². The van der Waals surface area contributed by atoms with E-state index in [1.807, 2.05) is 0 Å². The molecule has 3 heteroatoms. The Morgan fingerprint density at radius 3 is 2.30 bits per heavy atom. The zero-order chi connectivity index (χ0) is 8.15. The first kappa shape index (κ1) is 9.17. The van der Waals surface area contributed by atoms with Crippen molar-refractivity contribution in [3.63, 3.8) is 0 Å². The summed E-state index contributed by atoms with van der Waals surface area (Å²) in [5.41, 5.74) is 0. The topological polar surface area (TPSA) is 57.5 Å². The van der Waals surface area contributed by atoms with Crippen LogP contribution >= 0.6 is 0 Å². The van der Waals surface area contributed by atoms with Gasteiger partial charge in [-0.1, -0.05) is 13.0 Å². The second kappa shape index (κ2) is 4.06. The van der Waals surface area contributed by atoms with Gasteiger partial charge in [-0.2, -0.15) is 0 Å². The highest BCUT2D eigenvalue weighted by atomic mass is 16.4. The molecule has 0 heterocycles. The molecule has 0 saturated heterocycles. The van der Waals surface area contributed by atoms with E-state index in [1.165, 1.54) is 6.08 Å². The number of aliphatic carboxylic acids is 1. The Hall–Kier alpha value is -0.830. The molecule has 3 nitrogen and oxygen atoms in total. The van der Waals surface area contributed by atoms with Gasteiger partial charge in [0.2, 0.25) is 0 Å². The van der Waals surface area contributed by atoms with Gasteiger partial charge in [-0.05, 0) is 6.42 Å². The van der Waals surface area contributed by atoms with Crippen LogP contribution < -0.4 is 0 Å². The maximum absolute atomic E-state index is 10.3. The van der Waals surface area contributed by atoms with Crippen LogP contribution in [0.2, 0.25) is 0 Å². The summed E-state index contributed by atoms with van der Waals surface area (Å²) in [5.74, 6) is -1.97. The van der Waals surface area contributed by atoms with Crippen molar-refractivity contribution in [2.45, 2.75) is 13.3 Å². The number of hydrogen-bond acceptors (Lipinski definition) is 2. The number of carboxylic acids is 1. The van der Waals surface area contributed by atoms with E-state index in [2.05, 4.69) is 6.58 Å². The Kier molecular flexibility index (Phi) is 3.72. The van der Waals surface area contributed by atoms with Crippen molar-refractivity contribution < 1.29 is 15.0 Å². The van der Waals surface area contributed by atoms with E-state index < -0.39 is 11.9 Å². The Bertz CT molecular complexity index is 131. The highest BCUT2D eigenvalue weighted by Gasteiger charge is 2.21. The average Bonchev–Trinajstić information content (AvgIpc) is 1.88. The van der Waals surface area contributed by atoms with Crippen LogP contribution in [-0.2, 0) is 4.79 Å². The fourth-order valence-electron chi connectivity index (χ4n) is 0.599. The largest absolute Gasteiger partial charge is 0.481 e. The Morgan fingerprint density at radius 1 is 1.70 bits per heavy atom. The van der Waals surface area contributed by atoms with Crippen LogP contribution in [0, 0.1) is 12.0 Å². The smallest absolute Gasteiger partial charge is 0.313 e. The van der Waals surface area contributed by atoms with Crippen molar-refractivity contribution in [1.29, 1.82) is 0 Å². The normalized spacial score (nSPS) is 13.1. The quantitative estimate of drug-likeness (QED) is 0.581. The fourth-order valence-corrected chi connectivity index (χ4v) is 0.599. The van der Waals surface area contributed by atoms with Gasteiger partial charge in [-0.25, -0.2) is 0 Å². The second-order valence-electron chi connectivity index (χ2n) is 1.90. The molecular formula is C7H11O3. The van der Waals surface area contributed by atoms with Gasteiger partial charge in [0.1, 0.15) is 12.0 Å². The second-order valence-corrected chi connectivity index (χ2v) is 1.90. The predicted octanol–water partition coefficient (Wildman–Crippen LogP) is 1.19. The maximum atomic E-state index is 10.3. The third-order valence-corrected chi connectivity index (χ3v) is 1.22. The molecule has 57 valence electrons. The molecule has 0 amide bonds. The van der Waals surface area contributed by atoms with E-state index in [0.29, 0.717) is 6.42 Å². The van der Waals surface area contributed by atoms with Gasteiger partial charge >= 0.3 is 5.97 Å². The predicted molar refractivity (Wildman–Crippen MR) is 36.8 cm³/mol. The van der Waals surface area contributed by atoms with Crippen LogP contribution in [0.4, 0.5) is 0 Å². The number of aliphatic hydroxyl groups is 1. The van der Waals surface area contributed by atoms with Crippen molar-refractivity contribution in [1.82, 2.24) is 0 Å². The molecule has 0 aliphatic heterocycles. The van der Waals surface area contributed by atoms with Crippen molar-refractivity contribution in [2.24, 2.45) is 5.92 Å². The number of aliphatic hydroxyl groups excluding tert-OH is 1. The molecule has 0 aromatic heterocycles. The third-order valence-electron chi connectivity index (χ3n) is 1.22. The molecular weight excluding hydrogens is 132 g/mol. The molecule has 0 aliphatic rings. The summed E-state index contributed by atoms with van der Waals surface area (Å²) in [6, 6.07) is 0. The van der Waals surface area contributed by atoms with Gasteiger partial charge in [-0.3, -0.25) is 4.79 Å². The molecule has 0 aromatic rings. The van der Waals surface area contributed by atoms with Crippen LogP contribution in [0.25, 0.3) is 0 Å². The zero-order valence-electron chi connectivity index (χ0n) is 5.87. The van der Waals surface area contributed by atoms with Crippen LogP contribution in [0.5, 0.6) is 0 Å². The van der Waals surface area contributed by atoms with Crippen molar-refractivity contribution in [3.8, 4) is 0 Å². The Labute approximate surface area is 60.0 Å². The molecule has 0 bridgehead atoms. The molecule has 2 N–H and O–H groups in total. The first-order valence-corrected chi connectivity index (χ1v) is 3.03. The standard InChI is InChI=1S/C7H11O3/c1-3-5(7(9)10)6(8)4-2/h3,5,8H,1,4H2,2H3,(H,9,10). The molecule has 1 radical (unpaired) electrons. The van der Waals surface area contributed by atoms with E-state index in [0.717, 1.165) is 0 Å². The monoisotopic (exact) mass is 143 g/mol. The molecule has 0 aliphatic carbocycles. The van der Waals surface area contributed by atoms with Gasteiger partial charge in [-0.15, -0.1) is 6.58 Å². The first-order chi connectivity index (χ1) is 4.63. The van der Waals surface area contributed by atoms with Gasteiger partial charge < -0.3 is 10.2 Å². The van der Waals surface area contributed by atoms with E-state index in [-0.39, 0.29) is 6.10 Å². The summed E-state index contributed by atoms with van der Waals surface area (Å²) in [6.45, 7) is 4.98. The minimum atomic E-state index is -1.06. The molecule has 0 saturated carbocycles. The zero-order valence-corrected chi connectivity index (χ0v) is 5.87. The number of rotatable bonds is 4. The summed E-state index contributed by atoms with van der Waals surface area (Å²) < 4.78 is 0. The average molecular weight is 143 g/mol. The first-order valence-electron chi connectivity index (χ1n) is 3.03. The fraction of sp³-hybridized carbons (Fsp3) is 0.429. The van der Waals surface area contributed by atoms with Gasteiger partial charge in [0, 0.05) is 0 Å². The minimum absolute atomic E-state index is 0.0532. The van der Waals surface area contributed by atoms with Crippen LogP contribution in [0.3, 0.4) is 0 Å². The summed E-state index contributed by atoms with van der Waals surface area (Å²) in [4.78, 5) is 10.3. The van der Waals surface area contributed by atoms with E-state index in [9.17, 15) is 4.79 Å². The summed E-state index contributed by atoms with van der Waals surface area (Å²) >= 11 is 0. The van der Waals surface area contributed by atoms with E-state index >= 15 is 0 Å². The Morgan fingerprint density at radius 2 is 2.20 bits per heavy atom. The maximum Gasteiger partial charge on any atom is 0.313 e. The Balaban J connectivity index is 4.05. The molecule has 0 spiro atoms. The van der Waals surface area contributed by atoms with E-state index in [4.69, 9.17) is 10.2 Å². The summed E-state index contributed by atoms with van der Waals surface area (Å²) in [6.07, 6.45) is 1.51. The summed E-state index contributed by atoms with van der Waals surface area (Å²) in [5, 5.41) is 17.4. The van der Waals surface area contributed by atoms with Crippen LogP contribution in [0.15, 0.2) is 12.7 Å². The highest BCUT2D eigenvalue weighted by molar-refractivity contribution is 5.74. The minimum Gasteiger partial charge on any atom is -0.481 e. The molecule has 1 unspecified atom stereocenters. The lowest BCUT2D eigenvalue weighted by molar-refractivity contribution is -0.140. The third kappa shape index (κ3) is 2.19. The molecule has 1 atom stereocenters. The van der Waals surface area contributed by atoms with Gasteiger partial charge in [0.25, 0.3) is 0 Å². The number of hydrogen-bond donors (Lipinski definition) is 2. The number of carboxylic acid groups (broad SMARTS) is 1. The van der Waals surface area contributed by atoms with Crippen molar-refractivity contribution >= 4 is 5.97 Å². The van der Waals surface area contributed by atoms with Crippen molar-refractivity contribution in [2.75, 3.05) is 0 Å². The van der Waals surface area contributed by atoms with Crippen molar-refractivity contribution in [3.05, 3.63) is 18.8 Å². The summed E-state index contributed by atoms with van der Waals surface area (Å²) in [7, 11) is 0. The SMILES string of the molecule is C=CC([C](O)CC)C(=O)O. The molecule has 10 heavy (non-hydrogen) atoms. The van der Waals surface area contributed by atoms with Gasteiger partial charge in [0.15, 0.2) is 0 Å².